The van der Waals surface area contributed by atoms with Crippen LogP contribution in [-0.4, -0.2) is 31.8 Å². The summed E-state index contributed by atoms with van der Waals surface area (Å²) in [5, 5.41) is 5.99. The van der Waals surface area contributed by atoms with E-state index in [4.69, 9.17) is 38.0 Å². The zero-order chi connectivity index (χ0) is 20.7. The maximum absolute atomic E-state index is 12.2. The maximum Gasteiger partial charge on any atom is 0.264 e. The average molecular weight is 423 g/mol. The van der Waals surface area contributed by atoms with E-state index in [1.165, 1.54) is 14.2 Å². The molecule has 0 aliphatic rings. The van der Waals surface area contributed by atoms with Crippen LogP contribution in [0.1, 0.15) is 25.3 Å². The Morgan fingerprint density at radius 1 is 1.11 bits per heavy atom. The van der Waals surface area contributed by atoms with Gasteiger partial charge in [0.15, 0.2) is 11.7 Å². The van der Waals surface area contributed by atoms with Crippen LogP contribution in [0.2, 0.25) is 5.02 Å². The second-order valence-electron chi connectivity index (χ2n) is 6.17. The van der Waals surface area contributed by atoms with Crippen molar-refractivity contribution in [2.45, 2.75) is 19.8 Å². The van der Waals surface area contributed by atoms with Crippen molar-refractivity contribution in [2.24, 2.45) is 0 Å². The van der Waals surface area contributed by atoms with Gasteiger partial charge >= 0.3 is 0 Å². The second kappa shape index (κ2) is 10.1. The standard InChI is InChI=1S/C20H23ClN2O4S/c1-12(2)13-7-5-6-8-16(13)27-11-19(24)23-20(28)22-15-10-17(25-3)14(21)9-18(15)26-4/h5-10,12H,11H2,1-4H3,(H2,22,23,24,28). The van der Waals surface area contributed by atoms with Crippen molar-refractivity contribution in [3.8, 4) is 17.2 Å². The van der Waals surface area contributed by atoms with Gasteiger partial charge in [-0.05, 0) is 29.8 Å². The number of halogens is 1. The number of methoxy groups -OCH3 is 2. The monoisotopic (exact) mass is 422 g/mol. The number of anilines is 1. The molecule has 1 amide bonds. The van der Waals surface area contributed by atoms with Crippen molar-refractivity contribution in [3.63, 3.8) is 0 Å². The predicted octanol–water partition coefficient (Wildman–Crippen LogP) is 4.37. The first-order valence-electron chi connectivity index (χ1n) is 8.59. The maximum atomic E-state index is 12.2. The number of carbonyl (C=O) groups excluding carboxylic acids is 1. The van der Waals surface area contributed by atoms with E-state index in [-0.39, 0.29) is 23.5 Å². The van der Waals surface area contributed by atoms with E-state index >= 15 is 0 Å². The number of ether oxygens (including phenoxy) is 3. The van der Waals surface area contributed by atoms with Crippen LogP contribution in [0.15, 0.2) is 36.4 Å². The van der Waals surface area contributed by atoms with E-state index in [1.54, 1.807) is 12.1 Å². The molecule has 28 heavy (non-hydrogen) atoms. The fraction of sp³-hybridized carbons (Fsp3) is 0.300. The predicted molar refractivity (Wildman–Crippen MR) is 115 cm³/mol. The number of carbonyl (C=O) groups is 1. The van der Waals surface area contributed by atoms with Gasteiger partial charge in [0.2, 0.25) is 0 Å². The second-order valence-corrected chi connectivity index (χ2v) is 6.99. The Morgan fingerprint density at radius 3 is 2.43 bits per heavy atom. The Labute approximate surface area is 175 Å². The Balaban J connectivity index is 1.98. The fourth-order valence-electron chi connectivity index (χ4n) is 2.51. The number of hydrogen-bond acceptors (Lipinski definition) is 5. The van der Waals surface area contributed by atoms with Crippen molar-refractivity contribution in [1.29, 1.82) is 0 Å². The lowest BCUT2D eigenvalue weighted by Crippen LogP contribution is -2.37. The van der Waals surface area contributed by atoms with Crippen LogP contribution in [0.5, 0.6) is 17.2 Å². The summed E-state index contributed by atoms with van der Waals surface area (Å²) >= 11 is 11.3. The van der Waals surface area contributed by atoms with Gasteiger partial charge in [-0.2, -0.15) is 0 Å². The summed E-state index contributed by atoms with van der Waals surface area (Å²) < 4.78 is 16.1. The van der Waals surface area contributed by atoms with Gasteiger partial charge in [-0.25, -0.2) is 0 Å². The molecule has 0 heterocycles. The number of para-hydroxylation sites is 1. The highest BCUT2D eigenvalue weighted by Crippen LogP contribution is 2.35. The van der Waals surface area contributed by atoms with Gasteiger partial charge in [-0.3, -0.25) is 10.1 Å². The van der Waals surface area contributed by atoms with Crippen LogP contribution in [0.3, 0.4) is 0 Å². The molecule has 0 spiro atoms. The first-order valence-corrected chi connectivity index (χ1v) is 9.38. The van der Waals surface area contributed by atoms with Crippen molar-refractivity contribution < 1.29 is 19.0 Å². The van der Waals surface area contributed by atoms with Gasteiger partial charge in [0.05, 0.1) is 24.9 Å². The van der Waals surface area contributed by atoms with E-state index in [0.29, 0.717) is 28.0 Å². The number of rotatable bonds is 7. The summed E-state index contributed by atoms with van der Waals surface area (Å²) in [7, 11) is 3.01. The normalized spacial score (nSPS) is 10.4. The largest absolute Gasteiger partial charge is 0.495 e. The molecule has 0 bridgehead atoms. The van der Waals surface area contributed by atoms with Crippen molar-refractivity contribution >= 4 is 40.5 Å². The minimum Gasteiger partial charge on any atom is -0.495 e. The minimum atomic E-state index is -0.379. The zero-order valence-corrected chi connectivity index (χ0v) is 17.7. The Bertz CT molecular complexity index is 858. The number of nitrogens with one attached hydrogen (secondary N) is 2. The molecule has 0 fully saturated rings. The Hall–Kier alpha value is -2.51. The summed E-state index contributed by atoms with van der Waals surface area (Å²) in [6.45, 7) is 3.97. The van der Waals surface area contributed by atoms with Crippen LogP contribution in [0.4, 0.5) is 5.69 Å². The molecule has 8 heteroatoms. The molecule has 2 N–H and O–H groups in total. The van der Waals surface area contributed by atoms with Crippen molar-refractivity contribution in [3.05, 3.63) is 47.0 Å². The van der Waals surface area contributed by atoms with Gasteiger partial charge in [-0.15, -0.1) is 0 Å². The van der Waals surface area contributed by atoms with Crippen LogP contribution >= 0.6 is 23.8 Å². The van der Waals surface area contributed by atoms with Crippen LogP contribution in [0, 0.1) is 0 Å². The molecule has 150 valence electrons. The highest BCUT2D eigenvalue weighted by molar-refractivity contribution is 7.80. The lowest BCUT2D eigenvalue weighted by Gasteiger charge is -2.16. The van der Waals surface area contributed by atoms with E-state index in [9.17, 15) is 4.79 Å². The SMILES string of the molecule is COc1cc(NC(=S)NC(=O)COc2ccccc2C(C)C)c(OC)cc1Cl. The van der Waals surface area contributed by atoms with Crippen molar-refractivity contribution in [2.75, 3.05) is 26.1 Å². The molecule has 2 rings (SSSR count). The number of thiocarbonyl (C=S) groups is 1. The van der Waals surface area contributed by atoms with Crippen LogP contribution in [0.25, 0.3) is 0 Å². The number of benzene rings is 2. The summed E-state index contributed by atoms with van der Waals surface area (Å²) in [5.41, 5.74) is 1.55. The molecule has 2 aromatic rings. The molecular weight excluding hydrogens is 400 g/mol. The third kappa shape index (κ3) is 5.74. The smallest absolute Gasteiger partial charge is 0.264 e. The van der Waals surface area contributed by atoms with Gasteiger partial charge < -0.3 is 19.5 Å². The molecule has 0 radical (unpaired) electrons. The molecule has 0 aromatic heterocycles. The molecule has 0 aliphatic heterocycles. The van der Waals surface area contributed by atoms with E-state index in [2.05, 4.69) is 24.5 Å². The highest BCUT2D eigenvalue weighted by Gasteiger charge is 2.13. The third-order valence-corrected chi connectivity index (χ3v) is 4.37. The Kier molecular flexibility index (Phi) is 7.90. The van der Waals surface area contributed by atoms with Gasteiger partial charge in [0, 0.05) is 12.1 Å². The fourth-order valence-corrected chi connectivity index (χ4v) is 2.96. The summed E-state index contributed by atoms with van der Waals surface area (Å²) in [4.78, 5) is 12.2. The van der Waals surface area contributed by atoms with E-state index < -0.39 is 0 Å². The molecule has 0 unspecified atom stereocenters. The highest BCUT2D eigenvalue weighted by atomic mass is 35.5. The molecule has 0 saturated heterocycles. The molecule has 6 nitrogen and oxygen atoms in total. The lowest BCUT2D eigenvalue weighted by molar-refractivity contribution is -0.121. The molecule has 0 saturated carbocycles. The quantitative estimate of drug-likeness (QED) is 0.645. The molecule has 2 aromatic carbocycles. The number of amides is 1. The van der Waals surface area contributed by atoms with Crippen LogP contribution < -0.4 is 24.8 Å². The summed E-state index contributed by atoms with van der Waals surface area (Å²) in [5.74, 6) is 1.50. The van der Waals surface area contributed by atoms with Crippen LogP contribution in [-0.2, 0) is 4.79 Å². The molecular formula is C20H23ClN2O4S. The summed E-state index contributed by atoms with van der Waals surface area (Å²) in [6, 6.07) is 10.9. The lowest BCUT2D eigenvalue weighted by atomic mass is 10.0. The average Bonchev–Trinajstić information content (AvgIpc) is 2.67. The third-order valence-electron chi connectivity index (χ3n) is 3.87. The van der Waals surface area contributed by atoms with E-state index in [0.717, 1.165) is 5.56 Å². The minimum absolute atomic E-state index is 0.105. The molecule has 0 aliphatic carbocycles. The summed E-state index contributed by atoms with van der Waals surface area (Å²) in [6.07, 6.45) is 0. The first-order chi connectivity index (χ1) is 13.3. The number of hydrogen-bond donors (Lipinski definition) is 2. The van der Waals surface area contributed by atoms with Gasteiger partial charge in [0.25, 0.3) is 5.91 Å². The zero-order valence-electron chi connectivity index (χ0n) is 16.2. The molecule has 0 atom stereocenters. The van der Waals surface area contributed by atoms with E-state index in [1.807, 2.05) is 24.3 Å². The van der Waals surface area contributed by atoms with Crippen molar-refractivity contribution in [1.82, 2.24) is 5.32 Å². The van der Waals surface area contributed by atoms with Gasteiger partial charge in [0.1, 0.15) is 17.2 Å². The Morgan fingerprint density at radius 2 is 1.79 bits per heavy atom. The topological polar surface area (TPSA) is 68.8 Å². The first kappa shape index (κ1) is 21.8. The van der Waals surface area contributed by atoms with Gasteiger partial charge in [-0.1, -0.05) is 43.6 Å².